The molecule has 18 nitrogen and oxygen atoms in total. The van der Waals surface area contributed by atoms with Crippen LogP contribution in [0.15, 0.2) is 78.9 Å². The summed E-state index contributed by atoms with van der Waals surface area (Å²) in [5.41, 5.74) is -0.0744. The molecule has 2 heterocycles. The molecule has 2 fully saturated rings. The van der Waals surface area contributed by atoms with E-state index in [9.17, 15) is 33.9 Å². The number of likely N-dealkylation sites (tertiary alicyclic amines) is 1. The molecule has 3 aromatic carbocycles. The van der Waals surface area contributed by atoms with Crippen molar-refractivity contribution in [3.63, 3.8) is 0 Å². The van der Waals surface area contributed by atoms with Gasteiger partial charge in [0, 0.05) is 76.6 Å². The van der Waals surface area contributed by atoms with E-state index in [1.807, 2.05) is 92.7 Å². The van der Waals surface area contributed by atoms with E-state index in [1.165, 1.54) is 20.8 Å². The van der Waals surface area contributed by atoms with Gasteiger partial charge < -0.3 is 58.5 Å². The first-order valence-corrected chi connectivity index (χ1v) is 24.5. The molecule has 1 unspecified atom stereocenters. The maximum absolute atomic E-state index is 13.7. The summed E-state index contributed by atoms with van der Waals surface area (Å²) in [5.74, 6) is -1.34. The number of methoxy groups -OCH3 is 2. The summed E-state index contributed by atoms with van der Waals surface area (Å²) in [5, 5.41) is 16.4. The standard InChI is InChI=1S/C54H73N3O15/c1-36-46(31-69-38(3)60)72-51(49(56-37(2)59)50(36)71-39(4)61)68-29-28-67-27-13-17-43(62)16-12-26-55-47(63)30-48(64)57-32-52(5,34-58)53(6,33-57)35-70-54(40-14-10-9-11-15-40,41-18-22-44(65-7)23-19-41)42-20-24-45(66-8)25-21-42/h9-11,14-15,18-25,36,46,49-51,58H,12-13,16-17,26-35H2,1-8H3,(H,55,63)(H,56,59)/t36-,46+,49+,50-,51?,52+,53-/m0/s1. The van der Waals surface area contributed by atoms with Crippen LogP contribution in [0.2, 0.25) is 0 Å². The van der Waals surface area contributed by atoms with Gasteiger partial charge in [0.25, 0.3) is 0 Å². The van der Waals surface area contributed by atoms with Crippen molar-refractivity contribution in [3.05, 3.63) is 95.6 Å². The van der Waals surface area contributed by atoms with Crippen molar-refractivity contribution in [2.45, 2.75) is 104 Å². The Morgan fingerprint density at radius 3 is 1.94 bits per heavy atom. The van der Waals surface area contributed by atoms with Crippen LogP contribution in [0.5, 0.6) is 11.5 Å². The summed E-state index contributed by atoms with van der Waals surface area (Å²) < 4.78 is 46.6. The number of nitrogens with zero attached hydrogens (tertiary/aromatic N) is 1. The molecule has 72 heavy (non-hydrogen) atoms. The van der Waals surface area contributed by atoms with Gasteiger partial charge in [0.2, 0.25) is 17.7 Å². The topological polar surface area (TPSA) is 224 Å². The van der Waals surface area contributed by atoms with Crippen molar-refractivity contribution in [3.8, 4) is 11.5 Å². The largest absolute Gasteiger partial charge is 0.497 e. The Hall–Kier alpha value is -5.92. The number of carbonyl (C=O) groups excluding carboxylic acids is 6. The number of hydrogen-bond donors (Lipinski definition) is 3. The number of ether oxygens (including phenoxy) is 8. The molecule has 7 atom stereocenters. The Morgan fingerprint density at radius 1 is 0.778 bits per heavy atom. The molecule has 18 heteroatoms. The number of amides is 3. The van der Waals surface area contributed by atoms with E-state index in [0.717, 1.165) is 16.7 Å². The lowest BCUT2D eigenvalue weighted by molar-refractivity contribution is -0.262. The van der Waals surface area contributed by atoms with Gasteiger partial charge in [-0.1, -0.05) is 75.4 Å². The molecular weight excluding hydrogens is 931 g/mol. The van der Waals surface area contributed by atoms with E-state index in [2.05, 4.69) is 10.6 Å². The first kappa shape index (κ1) is 57.0. The predicted molar refractivity (Wildman–Crippen MR) is 264 cm³/mol. The minimum atomic E-state index is -1.12. The van der Waals surface area contributed by atoms with E-state index < -0.39 is 64.7 Å². The Morgan fingerprint density at radius 2 is 1.38 bits per heavy atom. The maximum atomic E-state index is 13.7. The summed E-state index contributed by atoms with van der Waals surface area (Å²) in [6, 6.07) is 24.5. The fourth-order valence-electron chi connectivity index (χ4n) is 9.27. The number of benzene rings is 3. The third kappa shape index (κ3) is 14.8. The van der Waals surface area contributed by atoms with Gasteiger partial charge in [0.05, 0.1) is 40.6 Å². The van der Waals surface area contributed by atoms with Crippen molar-refractivity contribution in [1.82, 2.24) is 15.5 Å². The Bertz CT molecular complexity index is 2210. The second kappa shape index (κ2) is 26.7. The predicted octanol–water partition coefficient (Wildman–Crippen LogP) is 4.89. The molecule has 5 rings (SSSR count). The first-order valence-electron chi connectivity index (χ1n) is 24.5. The number of hydrogen-bond acceptors (Lipinski definition) is 15. The van der Waals surface area contributed by atoms with E-state index in [4.69, 9.17) is 37.9 Å². The van der Waals surface area contributed by atoms with Gasteiger partial charge in [-0.2, -0.15) is 0 Å². The summed E-state index contributed by atoms with van der Waals surface area (Å²) in [7, 11) is 3.23. The molecule has 0 radical (unpaired) electrons. The lowest BCUT2D eigenvalue weighted by atomic mass is 9.68. The molecule has 394 valence electrons. The molecule has 3 N–H and O–H groups in total. The maximum Gasteiger partial charge on any atom is 0.302 e. The highest BCUT2D eigenvalue weighted by atomic mass is 16.7. The summed E-state index contributed by atoms with van der Waals surface area (Å²) in [4.78, 5) is 76.6. The van der Waals surface area contributed by atoms with E-state index in [0.29, 0.717) is 24.3 Å². The Labute approximate surface area is 422 Å². The van der Waals surface area contributed by atoms with Gasteiger partial charge in [-0.3, -0.25) is 28.8 Å². The summed E-state index contributed by atoms with van der Waals surface area (Å²) in [6.45, 7) is 10.5. The number of carbonyl (C=O) groups is 6. The Balaban J connectivity index is 1.08. The van der Waals surface area contributed by atoms with Gasteiger partial charge in [-0.25, -0.2) is 0 Å². The highest BCUT2D eigenvalue weighted by Crippen LogP contribution is 2.49. The van der Waals surface area contributed by atoms with Crippen molar-refractivity contribution < 1.29 is 71.8 Å². The molecule has 0 bridgehead atoms. The van der Waals surface area contributed by atoms with Crippen LogP contribution < -0.4 is 20.1 Å². The average molecular weight is 1000 g/mol. The molecule has 0 aromatic heterocycles. The second-order valence-electron chi connectivity index (χ2n) is 19.1. The van der Waals surface area contributed by atoms with Crippen molar-refractivity contribution in [1.29, 1.82) is 0 Å². The zero-order valence-electron chi connectivity index (χ0n) is 42.9. The molecular formula is C54H73N3O15. The summed E-state index contributed by atoms with van der Waals surface area (Å²) in [6.07, 6.45) is -1.58. The van der Waals surface area contributed by atoms with Gasteiger partial charge >= 0.3 is 11.9 Å². The minimum absolute atomic E-state index is 0.00416. The van der Waals surface area contributed by atoms with Crippen LogP contribution in [-0.2, 0) is 62.8 Å². The minimum Gasteiger partial charge on any atom is -0.497 e. The highest BCUT2D eigenvalue weighted by molar-refractivity contribution is 5.97. The first-order chi connectivity index (χ1) is 34.4. The molecule has 0 aliphatic carbocycles. The van der Waals surface area contributed by atoms with Crippen molar-refractivity contribution >= 4 is 35.4 Å². The lowest BCUT2D eigenvalue weighted by Crippen LogP contribution is -2.63. The van der Waals surface area contributed by atoms with Crippen molar-refractivity contribution in [2.24, 2.45) is 16.7 Å². The third-order valence-electron chi connectivity index (χ3n) is 13.7. The quantitative estimate of drug-likeness (QED) is 0.0400. The third-order valence-corrected chi connectivity index (χ3v) is 13.7. The number of rotatable bonds is 27. The van der Waals surface area contributed by atoms with Gasteiger partial charge in [0.1, 0.15) is 54.2 Å². The highest BCUT2D eigenvalue weighted by Gasteiger charge is 2.55. The molecule has 0 spiro atoms. The molecule has 3 amide bonds. The number of Topliss-reactive ketones (excluding diaryl/α,β-unsaturated/α-hetero) is 1. The van der Waals surface area contributed by atoms with Crippen molar-refractivity contribution in [2.75, 3.05) is 73.5 Å². The van der Waals surface area contributed by atoms with Gasteiger partial charge in [-0.15, -0.1) is 0 Å². The molecule has 2 aliphatic heterocycles. The lowest BCUT2D eigenvalue weighted by Gasteiger charge is -2.44. The smallest absolute Gasteiger partial charge is 0.302 e. The fourth-order valence-corrected chi connectivity index (χ4v) is 9.27. The number of aliphatic hydroxyl groups is 1. The molecule has 2 saturated heterocycles. The SMILES string of the molecule is COc1ccc(C(OC[C@]2(C)CN(C(=O)CC(=O)NCCCC(=O)CCCOCCOC3O[C@H](COC(C)=O)[C@H](C)[C@H](OC(C)=O)[C@H]3NC(C)=O)C[C@]2(C)CO)(c2ccccc2)c2ccc(OC)cc2)cc1. The van der Waals surface area contributed by atoms with Crippen LogP contribution in [0.1, 0.15) is 90.3 Å². The number of aliphatic hydroxyl groups excluding tert-OH is 1. The zero-order chi connectivity index (χ0) is 52.5. The van der Waals surface area contributed by atoms with E-state index in [1.54, 1.807) is 26.0 Å². The number of nitrogens with one attached hydrogen (secondary N) is 2. The normalized spacial score (nSPS) is 22.9. The van der Waals surface area contributed by atoms with Crippen LogP contribution >= 0.6 is 0 Å². The average Bonchev–Trinajstić information content (AvgIpc) is 3.64. The number of ketones is 1. The van der Waals surface area contributed by atoms with Crippen LogP contribution in [0.4, 0.5) is 0 Å². The molecule has 0 saturated carbocycles. The van der Waals surface area contributed by atoms with E-state index >= 15 is 0 Å². The Kier molecular flexibility index (Phi) is 21.1. The monoisotopic (exact) mass is 1000 g/mol. The zero-order valence-corrected chi connectivity index (χ0v) is 42.9. The van der Waals surface area contributed by atoms with Gasteiger partial charge in [0.15, 0.2) is 6.29 Å². The molecule has 2 aliphatic rings. The van der Waals surface area contributed by atoms with E-state index in [-0.39, 0.29) is 96.1 Å². The van der Waals surface area contributed by atoms with Crippen LogP contribution in [0.3, 0.4) is 0 Å². The van der Waals surface area contributed by atoms with Crippen LogP contribution in [0.25, 0.3) is 0 Å². The van der Waals surface area contributed by atoms with Crippen LogP contribution in [0, 0.1) is 16.7 Å². The van der Waals surface area contributed by atoms with Crippen LogP contribution in [-0.4, -0.2) is 143 Å². The van der Waals surface area contributed by atoms with Gasteiger partial charge in [-0.05, 0) is 53.8 Å². The number of esters is 2. The second-order valence-corrected chi connectivity index (χ2v) is 19.1. The summed E-state index contributed by atoms with van der Waals surface area (Å²) >= 11 is 0. The molecule has 3 aromatic rings. The fraction of sp³-hybridized carbons (Fsp3) is 0.556.